The summed E-state index contributed by atoms with van der Waals surface area (Å²) in [5, 5.41) is 2.79. The normalized spacial score (nSPS) is 18.4. The molecule has 0 radical (unpaired) electrons. The van der Waals surface area contributed by atoms with Gasteiger partial charge in [-0.1, -0.05) is 53.7 Å². The van der Waals surface area contributed by atoms with Gasteiger partial charge in [0, 0.05) is 25.1 Å². The van der Waals surface area contributed by atoms with E-state index in [0.29, 0.717) is 5.56 Å². The van der Waals surface area contributed by atoms with Crippen molar-refractivity contribution in [2.45, 2.75) is 53.4 Å². The lowest BCUT2D eigenvalue weighted by Gasteiger charge is -2.24. The summed E-state index contributed by atoms with van der Waals surface area (Å²) >= 11 is 0. The van der Waals surface area contributed by atoms with Crippen LogP contribution in [0, 0.1) is 11.3 Å². The SMILES string of the molecule is CC(C)(C)c1ccc(C(=O)NCCN2C(=O)CC(C(C)(C)C)C2=O)cc1. The summed E-state index contributed by atoms with van der Waals surface area (Å²) in [5.41, 5.74) is 1.54. The summed E-state index contributed by atoms with van der Waals surface area (Å²) in [6.45, 7) is 12.7. The minimum absolute atomic E-state index is 0.0368. The Labute approximate surface area is 156 Å². The van der Waals surface area contributed by atoms with E-state index in [0.717, 1.165) is 5.56 Å². The first-order valence-corrected chi connectivity index (χ1v) is 9.14. The van der Waals surface area contributed by atoms with Crippen LogP contribution in [0.3, 0.4) is 0 Å². The molecule has 0 bridgehead atoms. The van der Waals surface area contributed by atoms with E-state index in [1.54, 1.807) is 12.1 Å². The Kier molecular flexibility index (Phi) is 5.59. The van der Waals surface area contributed by atoms with Gasteiger partial charge in [-0.05, 0) is 28.5 Å². The van der Waals surface area contributed by atoms with E-state index in [9.17, 15) is 14.4 Å². The molecular weight excluding hydrogens is 328 g/mol. The van der Waals surface area contributed by atoms with E-state index in [2.05, 4.69) is 26.1 Å². The average molecular weight is 358 g/mol. The van der Waals surface area contributed by atoms with Gasteiger partial charge in [0.1, 0.15) is 0 Å². The molecule has 1 aliphatic rings. The molecule has 1 aliphatic heterocycles. The van der Waals surface area contributed by atoms with E-state index < -0.39 is 0 Å². The number of imide groups is 1. The number of amides is 3. The zero-order valence-electron chi connectivity index (χ0n) is 16.7. The Balaban J connectivity index is 1.90. The van der Waals surface area contributed by atoms with Gasteiger partial charge in [-0.3, -0.25) is 19.3 Å². The van der Waals surface area contributed by atoms with Crippen LogP contribution in [0.4, 0.5) is 0 Å². The van der Waals surface area contributed by atoms with Crippen molar-refractivity contribution in [3.8, 4) is 0 Å². The fraction of sp³-hybridized carbons (Fsp3) is 0.571. The number of carbonyl (C=O) groups excluding carboxylic acids is 3. The molecule has 1 fully saturated rings. The van der Waals surface area contributed by atoms with Gasteiger partial charge in [-0.25, -0.2) is 0 Å². The second-order valence-corrected chi connectivity index (χ2v) is 9.09. The van der Waals surface area contributed by atoms with Gasteiger partial charge in [0.15, 0.2) is 0 Å². The Bertz CT molecular complexity index is 693. The van der Waals surface area contributed by atoms with Crippen LogP contribution >= 0.6 is 0 Å². The lowest BCUT2D eigenvalue weighted by molar-refractivity contribution is -0.140. The van der Waals surface area contributed by atoms with E-state index >= 15 is 0 Å². The molecule has 2 rings (SSSR count). The predicted molar refractivity (Wildman–Crippen MR) is 102 cm³/mol. The summed E-state index contributed by atoms with van der Waals surface area (Å²) in [6.07, 6.45) is 0.255. The van der Waals surface area contributed by atoms with Crippen molar-refractivity contribution in [2.75, 3.05) is 13.1 Å². The largest absolute Gasteiger partial charge is 0.350 e. The first kappa shape index (κ1) is 20.1. The highest BCUT2D eigenvalue weighted by molar-refractivity contribution is 6.04. The predicted octanol–water partition coefficient (Wildman–Crippen LogP) is 3.14. The molecule has 1 unspecified atom stereocenters. The van der Waals surface area contributed by atoms with Gasteiger partial charge in [0.2, 0.25) is 11.8 Å². The molecule has 1 N–H and O–H groups in total. The number of nitrogens with zero attached hydrogens (tertiary/aromatic N) is 1. The van der Waals surface area contributed by atoms with Gasteiger partial charge in [-0.2, -0.15) is 0 Å². The van der Waals surface area contributed by atoms with Crippen LogP contribution in [-0.2, 0) is 15.0 Å². The van der Waals surface area contributed by atoms with Crippen LogP contribution < -0.4 is 5.32 Å². The molecule has 0 saturated carbocycles. The van der Waals surface area contributed by atoms with Gasteiger partial charge in [-0.15, -0.1) is 0 Å². The molecule has 26 heavy (non-hydrogen) atoms. The Morgan fingerprint density at radius 2 is 1.65 bits per heavy atom. The smallest absolute Gasteiger partial charge is 0.251 e. The maximum Gasteiger partial charge on any atom is 0.251 e. The maximum absolute atomic E-state index is 12.4. The quantitative estimate of drug-likeness (QED) is 0.841. The maximum atomic E-state index is 12.4. The van der Waals surface area contributed by atoms with Crippen LogP contribution in [-0.4, -0.2) is 35.7 Å². The van der Waals surface area contributed by atoms with E-state index in [1.165, 1.54) is 4.90 Å². The third-order valence-electron chi connectivity index (χ3n) is 4.92. The lowest BCUT2D eigenvalue weighted by atomic mass is 9.80. The van der Waals surface area contributed by atoms with Crippen molar-refractivity contribution in [2.24, 2.45) is 11.3 Å². The fourth-order valence-corrected chi connectivity index (χ4v) is 3.10. The van der Waals surface area contributed by atoms with Crippen molar-refractivity contribution in [1.82, 2.24) is 10.2 Å². The highest BCUT2D eigenvalue weighted by Gasteiger charge is 2.44. The average Bonchev–Trinajstić information content (AvgIpc) is 2.82. The van der Waals surface area contributed by atoms with Crippen LogP contribution in [0.15, 0.2) is 24.3 Å². The minimum Gasteiger partial charge on any atom is -0.350 e. The van der Waals surface area contributed by atoms with Crippen molar-refractivity contribution in [3.05, 3.63) is 35.4 Å². The zero-order chi connectivity index (χ0) is 19.7. The molecule has 3 amide bonds. The van der Waals surface area contributed by atoms with Crippen molar-refractivity contribution < 1.29 is 14.4 Å². The van der Waals surface area contributed by atoms with Crippen LogP contribution in [0.1, 0.15) is 63.9 Å². The van der Waals surface area contributed by atoms with E-state index in [4.69, 9.17) is 0 Å². The lowest BCUT2D eigenvalue weighted by Crippen LogP contribution is -2.39. The zero-order valence-corrected chi connectivity index (χ0v) is 16.7. The van der Waals surface area contributed by atoms with Crippen molar-refractivity contribution >= 4 is 17.7 Å². The Morgan fingerprint density at radius 1 is 1.08 bits per heavy atom. The third kappa shape index (κ3) is 4.51. The number of likely N-dealkylation sites (tertiary alicyclic amines) is 1. The topological polar surface area (TPSA) is 66.5 Å². The molecule has 142 valence electrons. The summed E-state index contributed by atoms with van der Waals surface area (Å²) in [7, 11) is 0. The number of benzene rings is 1. The van der Waals surface area contributed by atoms with Gasteiger partial charge < -0.3 is 5.32 Å². The molecule has 1 aromatic rings. The minimum atomic E-state index is -0.282. The van der Waals surface area contributed by atoms with Gasteiger partial charge in [0.05, 0.1) is 5.92 Å². The molecule has 0 aliphatic carbocycles. The number of carbonyl (C=O) groups is 3. The van der Waals surface area contributed by atoms with Gasteiger partial charge >= 0.3 is 0 Å². The summed E-state index contributed by atoms with van der Waals surface area (Å²) in [6, 6.07) is 7.52. The van der Waals surface area contributed by atoms with Crippen LogP contribution in [0.2, 0.25) is 0 Å². The molecule has 5 nitrogen and oxygen atoms in total. The molecule has 1 saturated heterocycles. The van der Waals surface area contributed by atoms with Crippen molar-refractivity contribution in [3.63, 3.8) is 0 Å². The molecule has 0 aromatic heterocycles. The standard InChI is InChI=1S/C21H30N2O3/c1-20(2,3)15-9-7-14(8-10-15)18(25)22-11-12-23-17(24)13-16(19(23)26)21(4,5)6/h7-10,16H,11-13H2,1-6H3,(H,22,25). The first-order valence-electron chi connectivity index (χ1n) is 9.14. The fourth-order valence-electron chi connectivity index (χ4n) is 3.10. The van der Waals surface area contributed by atoms with Crippen LogP contribution in [0.25, 0.3) is 0 Å². The molecule has 1 atom stereocenters. The third-order valence-corrected chi connectivity index (χ3v) is 4.92. The molecule has 1 heterocycles. The highest BCUT2D eigenvalue weighted by Crippen LogP contribution is 2.35. The second-order valence-electron chi connectivity index (χ2n) is 9.09. The number of hydrogen-bond donors (Lipinski definition) is 1. The summed E-state index contributed by atoms with van der Waals surface area (Å²) in [4.78, 5) is 38.1. The molecular formula is C21H30N2O3. The molecule has 1 aromatic carbocycles. The van der Waals surface area contributed by atoms with E-state index in [1.807, 2.05) is 32.9 Å². The summed E-state index contributed by atoms with van der Waals surface area (Å²) < 4.78 is 0. The van der Waals surface area contributed by atoms with E-state index in [-0.39, 0.29) is 54.0 Å². The first-order chi connectivity index (χ1) is 11.9. The molecule has 0 spiro atoms. The van der Waals surface area contributed by atoms with Crippen molar-refractivity contribution in [1.29, 1.82) is 0 Å². The number of nitrogens with one attached hydrogen (secondary N) is 1. The second kappa shape index (κ2) is 7.22. The Hall–Kier alpha value is -2.17. The monoisotopic (exact) mass is 358 g/mol. The number of rotatable bonds is 4. The Morgan fingerprint density at radius 3 is 2.12 bits per heavy atom. The summed E-state index contributed by atoms with van der Waals surface area (Å²) in [5.74, 6) is -0.766. The number of hydrogen-bond acceptors (Lipinski definition) is 3. The van der Waals surface area contributed by atoms with Crippen LogP contribution in [0.5, 0.6) is 0 Å². The highest BCUT2D eigenvalue weighted by atomic mass is 16.2. The van der Waals surface area contributed by atoms with Gasteiger partial charge in [0.25, 0.3) is 5.91 Å². The molecule has 5 heteroatoms.